The minimum atomic E-state index is 0. The van der Waals surface area contributed by atoms with Gasteiger partial charge in [0.25, 0.3) is 0 Å². The maximum absolute atomic E-state index is 5.58. The first kappa shape index (κ1) is 10.6. The normalized spacial score (nSPS) is 9.92. The summed E-state index contributed by atoms with van der Waals surface area (Å²) < 4.78 is 1.17. The third kappa shape index (κ3) is 2.07. The van der Waals surface area contributed by atoms with E-state index >= 15 is 0 Å². The molecule has 70 valence electrons. The number of hydrogen-bond donors (Lipinski definition) is 1. The largest absolute Gasteiger partial charge is 0.375 e. The predicted molar refractivity (Wildman–Crippen MR) is 63.1 cm³/mol. The second-order valence-corrected chi connectivity index (χ2v) is 4.33. The van der Waals surface area contributed by atoms with E-state index < -0.39 is 0 Å². The Morgan fingerprint density at radius 1 is 1.46 bits per heavy atom. The first-order valence-electron chi connectivity index (χ1n) is 3.49. The number of halogens is 1. The number of thiazole rings is 1. The molecule has 0 saturated heterocycles. The quantitative estimate of drug-likeness (QED) is 0.769. The van der Waals surface area contributed by atoms with Crippen LogP contribution in [0.4, 0.5) is 5.13 Å². The Kier molecular flexibility index (Phi) is 3.41. The Hall–Kier alpha value is -0.450. The molecule has 0 spiro atoms. The first-order valence-corrected chi connectivity index (χ1v) is 5.54. The number of aromatic nitrogens is 1. The molecule has 13 heavy (non-hydrogen) atoms. The summed E-state index contributed by atoms with van der Waals surface area (Å²) in [5, 5.41) is 0.642. The molecule has 2 nitrogen and oxygen atoms in total. The number of anilines is 1. The lowest BCUT2D eigenvalue weighted by molar-refractivity contribution is 1.46. The highest BCUT2D eigenvalue weighted by Gasteiger charge is 2.00. The van der Waals surface area contributed by atoms with Crippen molar-refractivity contribution in [3.05, 3.63) is 18.2 Å². The molecule has 0 bridgehead atoms. The highest BCUT2D eigenvalue weighted by molar-refractivity contribution is 7.98. The number of nitrogen functional groups attached to an aromatic ring is 1. The van der Waals surface area contributed by atoms with Crippen molar-refractivity contribution in [1.29, 1.82) is 0 Å². The zero-order valence-corrected chi connectivity index (χ0v) is 9.43. The van der Waals surface area contributed by atoms with Gasteiger partial charge >= 0.3 is 0 Å². The van der Waals surface area contributed by atoms with Gasteiger partial charge in [-0.25, -0.2) is 4.98 Å². The lowest BCUT2D eigenvalue weighted by Crippen LogP contribution is -1.78. The number of nitrogens with two attached hydrogens (primary N) is 1. The summed E-state index contributed by atoms with van der Waals surface area (Å²) in [5.41, 5.74) is 6.58. The van der Waals surface area contributed by atoms with Gasteiger partial charge in [-0.15, -0.1) is 24.2 Å². The molecule has 1 aromatic carbocycles. The molecule has 0 aliphatic rings. The minimum absolute atomic E-state index is 0. The third-order valence-corrected chi connectivity index (χ3v) is 3.18. The Labute approximate surface area is 91.0 Å². The third-order valence-electron chi connectivity index (χ3n) is 1.61. The molecule has 2 N–H and O–H groups in total. The first-order chi connectivity index (χ1) is 5.79. The average molecular weight is 233 g/mol. The van der Waals surface area contributed by atoms with Gasteiger partial charge in [-0.3, -0.25) is 0 Å². The molecule has 0 aliphatic heterocycles. The summed E-state index contributed by atoms with van der Waals surface area (Å²) >= 11 is 3.27. The van der Waals surface area contributed by atoms with Crippen molar-refractivity contribution in [2.75, 3.05) is 12.0 Å². The fourth-order valence-electron chi connectivity index (χ4n) is 1.05. The van der Waals surface area contributed by atoms with E-state index in [9.17, 15) is 0 Å². The van der Waals surface area contributed by atoms with Crippen LogP contribution in [-0.4, -0.2) is 11.2 Å². The summed E-state index contributed by atoms with van der Waals surface area (Å²) in [4.78, 5) is 5.43. The molecular weight excluding hydrogens is 224 g/mol. The van der Waals surface area contributed by atoms with Crippen LogP contribution < -0.4 is 5.73 Å². The Morgan fingerprint density at radius 2 is 2.23 bits per heavy atom. The van der Waals surface area contributed by atoms with Crippen LogP contribution in [0.25, 0.3) is 10.2 Å². The molecule has 0 amide bonds. The van der Waals surface area contributed by atoms with Gasteiger partial charge in [-0.1, -0.05) is 11.3 Å². The number of nitrogens with zero attached hydrogens (tertiary/aromatic N) is 1. The van der Waals surface area contributed by atoms with E-state index in [1.54, 1.807) is 11.8 Å². The zero-order chi connectivity index (χ0) is 8.55. The Bertz CT molecular complexity index is 413. The van der Waals surface area contributed by atoms with E-state index in [0.29, 0.717) is 5.13 Å². The summed E-state index contributed by atoms with van der Waals surface area (Å²) in [5.74, 6) is 0. The Morgan fingerprint density at radius 3 is 2.92 bits per heavy atom. The van der Waals surface area contributed by atoms with Crippen LogP contribution in [0, 0.1) is 0 Å². The highest BCUT2D eigenvalue weighted by atomic mass is 35.5. The van der Waals surface area contributed by atoms with Crippen molar-refractivity contribution in [2.24, 2.45) is 0 Å². The van der Waals surface area contributed by atoms with Gasteiger partial charge in [0.05, 0.1) is 10.2 Å². The van der Waals surface area contributed by atoms with Gasteiger partial charge < -0.3 is 5.73 Å². The van der Waals surface area contributed by atoms with E-state index in [4.69, 9.17) is 5.73 Å². The molecule has 2 rings (SSSR count). The molecule has 0 atom stereocenters. The molecule has 1 aromatic heterocycles. The van der Waals surface area contributed by atoms with Crippen LogP contribution in [0.2, 0.25) is 0 Å². The molecule has 0 fully saturated rings. The van der Waals surface area contributed by atoms with Crippen LogP contribution in [0.3, 0.4) is 0 Å². The number of thioether (sulfide) groups is 1. The zero-order valence-electron chi connectivity index (χ0n) is 6.98. The van der Waals surface area contributed by atoms with E-state index in [2.05, 4.69) is 23.4 Å². The van der Waals surface area contributed by atoms with Crippen molar-refractivity contribution in [3.63, 3.8) is 0 Å². The number of hydrogen-bond acceptors (Lipinski definition) is 4. The van der Waals surface area contributed by atoms with Crippen molar-refractivity contribution in [2.45, 2.75) is 4.90 Å². The smallest absolute Gasteiger partial charge is 0.181 e. The van der Waals surface area contributed by atoms with Crippen LogP contribution in [0.15, 0.2) is 23.1 Å². The summed E-state index contributed by atoms with van der Waals surface area (Å²) in [7, 11) is 0. The van der Waals surface area contributed by atoms with E-state index in [-0.39, 0.29) is 12.4 Å². The second-order valence-electron chi connectivity index (χ2n) is 2.39. The highest BCUT2D eigenvalue weighted by Crippen LogP contribution is 2.27. The van der Waals surface area contributed by atoms with Gasteiger partial charge in [0.15, 0.2) is 5.13 Å². The van der Waals surface area contributed by atoms with E-state index in [1.165, 1.54) is 20.9 Å². The van der Waals surface area contributed by atoms with E-state index in [1.807, 2.05) is 6.07 Å². The molecule has 0 aliphatic carbocycles. The summed E-state index contributed by atoms with van der Waals surface area (Å²) in [6, 6.07) is 6.19. The molecular formula is C8H9ClN2S2. The second kappa shape index (κ2) is 4.17. The van der Waals surface area contributed by atoms with Crippen molar-refractivity contribution in [3.8, 4) is 0 Å². The van der Waals surface area contributed by atoms with Crippen LogP contribution in [0.5, 0.6) is 0 Å². The SMILES string of the molecule is CSc1ccc2nc(N)sc2c1.Cl. The van der Waals surface area contributed by atoms with Crippen molar-refractivity contribution >= 4 is 50.9 Å². The van der Waals surface area contributed by atoms with Gasteiger partial charge in [-0.2, -0.15) is 0 Å². The van der Waals surface area contributed by atoms with Crippen molar-refractivity contribution < 1.29 is 0 Å². The molecule has 2 aromatic rings. The topological polar surface area (TPSA) is 38.9 Å². The average Bonchev–Trinajstić information content (AvgIpc) is 2.43. The molecule has 1 heterocycles. The minimum Gasteiger partial charge on any atom is -0.375 e. The lowest BCUT2D eigenvalue weighted by Gasteiger charge is -1.92. The van der Waals surface area contributed by atoms with Crippen molar-refractivity contribution in [1.82, 2.24) is 4.98 Å². The summed E-state index contributed by atoms with van der Waals surface area (Å²) in [6.07, 6.45) is 2.06. The van der Waals surface area contributed by atoms with Crippen LogP contribution >= 0.6 is 35.5 Å². The van der Waals surface area contributed by atoms with Gasteiger partial charge in [0.2, 0.25) is 0 Å². The van der Waals surface area contributed by atoms with Gasteiger partial charge in [0, 0.05) is 4.90 Å². The monoisotopic (exact) mass is 232 g/mol. The fourth-order valence-corrected chi connectivity index (χ4v) is 2.34. The van der Waals surface area contributed by atoms with Crippen LogP contribution in [-0.2, 0) is 0 Å². The fraction of sp³-hybridized carbons (Fsp3) is 0.125. The molecule has 0 radical (unpaired) electrons. The number of benzene rings is 1. The van der Waals surface area contributed by atoms with E-state index in [0.717, 1.165) is 5.52 Å². The maximum atomic E-state index is 5.58. The molecule has 5 heteroatoms. The number of rotatable bonds is 1. The van der Waals surface area contributed by atoms with Gasteiger partial charge in [-0.05, 0) is 24.5 Å². The number of fused-ring (bicyclic) bond motifs is 1. The van der Waals surface area contributed by atoms with Gasteiger partial charge in [0.1, 0.15) is 0 Å². The Balaban J connectivity index is 0.000000845. The van der Waals surface area contributed by atoms with Crippen LogP contribution in [0.1, 0.15) is 0 Å². The summed E-state index contributed by atoms with van der Waals surface area (Å²) in [6.45, 7) is 0. The predicted octanol–water partition coefficient (Wildman–Crippen LogP) is 3.02. The standard InChI is InChI=1S/C8H8N2S2.ClH/c1-11-5-2-3-6-7(4-5)12-8(9)10-6;/h2-4H,1H3,(H2,9,10);1H. The molecule has 0 saturated carbocycles. The maximum Gasteiger partial charge on any atom is 0.181 e. The molecule has 0 unspecified atom stereocenters. The lowest BCUT2D eigenvalue weighted by atomic mass is 10.3.